The smallest absolute Gasteiger partial charge is 0.255 e. The summed E-state index contributed by atoms with van der Waals surface area (Å²) in [5.74, 6) is 0.839. The van der Waals surface area contributed by atoms with Crippen LogP contribution in [0.4, 0.5) is 11.4 Å². The van der Waals surface area contributed by atoms with Crippen LogP contribution >= 0.6 is 0 Å². The molecule has 33 heavy (non-hydrogen) atoms. The van der Waals surface area contributed by atoms with Gasteiger partial charge in [0.2, 0.25) is 5.91 Å². The van der Waals surface area contributed by atoms with Crippen molar-refractivity contribution < 1.29 is 14.3 Å². The third-order valence-electron chi connectivity index (χ3n) is 6.46. The standard InChI is InChI=1S/C28H30N2O3/c1-18(2)21-9-11-22(12-10-21)27-28(32)29(25-8-6-7-19(3)20(25)4)17-26(31)30(27)23-13-15-24(33-5)16-14-23/h6-16,18,27H,17H2,1-5H3/t27-/m1/s1. The Balaban J connectivity index is 1.82. The summed E-state index contributed by atoms with van der Waals surface area (Å²) in [6.07, 6.45) is 0. The molecule has 4 rings (SSSR count). The van der Waals surface area contributed by atoms with Gasteiger partial charge in [-0.25, -0.2) is 0 Å². The van der Waals surface area contributed by atoms with Crippen LogP contribution in [0.5, 0.6) is 5.75 Å². The van der Waals surface area contributed by atoms with Gasteiger partial charge >= 0.3 is 0 Å². The van der Waals surface area contributed by atoms with Crippen molar-refractivity contribution in [2.24, 2.45) is 0 Å². The van der Waals surface area contributed by atoms with E-state index in [1.807, 2.05) is 80.6 Å². The monoisotopic (exact) mass is 442 g/mol. The van der Waals surface area contributed by atoms with Crippen LogP contribution in [-0.2, 0) is 9.59 Å². The summed E-state index contributed by atoms with van der Waals surface area (Å²) < 4.78 is 5.27. The second kappa shape index (κ2) is 9.10. The van der Waals surface area contributed by atoms with Gasteiger partial charge in [-0.3, -0.25) is 14.5 Å². The lowest BCUT2D eigenvalue weighted by Crippen LogP contribution is -2.56. The molecule has 3 aromatic carbocycles. The number of hydrogen-bond donors (Lipinski definition) is 0. The zero-order chi connectivity index (χ0) is 23.7. The van der Waals surface area contributed by atoms with Crippen LogP contribution in [-0.4, -0.2) is 25.5 Å². The van der Waals surface area contributed by atoms with Crippen molar-refractivity contribution in [3.63, 3.8) is 0 Å². The highest BCUT2D eigenvalue weighted by Gasteiger charge is 2.42. The average Bonchev–Trinajstić information content (AvgIpc) is 2.82. The Hall–Kier alpha value is -3.60. The fraction of sp³-hybridized carbons (Fsp3) is 0.286. The molecule has 1 aliphatic heterocycles. The van der Waals surface area contributed by atoms with Crippen LogP contribution in [0.25, 0.3) is 0 Å². The van der Waals surface area contributed by atoms with Crippen LogP contribution in [0, 0.1) is 13.8 Å². The lowest BCUT2D eigenvalue weighted by Gasteiger charge is -2.41. The minimum atomic E-state index is -0.749. The number of methoxy groups -OCH3 is 1. The first-order valence-corrected chi connectivity index (χ1v) is 11.3. The fourth-order valence-electron chi connectivity index (χ4n) is 4.31. The number of carbonyl (C=O) groups is 2. The van der Waals surface area contributed by atoms with Gasteiger partial charge in [0.15, 0.2) is 0 Å². The summed E-state index contributed by atoms with van der Waals surface area (Å²) in [5, 5.41) is 0. The quantitative estimate of drug-likeness (QED) is 0.520. The molecular formula is C28H30N2O3. The molecule has 170 valence electrons. The number of benzene rings is 3. The van der Waals surface area contributed by atoms with Crippen LogP contribution in [0.15, 0.2) is 66.7 Å². The first kappa shape index (κ1) is 22.6. The van der Waals surface area contributed by atoms with Crippen molar-refractivity contribution in [3.8, 4) is 5.75 Å². The molecule has 0 unspecified atom stereocenters. The van der Waals surface area contributed by atoms with E-state index in [2.05, 4.69) is 13.8 Å². The first-order valence-electron chi connectivity index (χ1n) is 11.3. The van der Waals surface area contributed by atoms with E-state index in [0.717, 1.165) is 22.4 Å². The zero-order valence-corrected chi connectivity index (χ0v) is 19.8. The van der Waals surface area contributed by atoms with Gasteiger partial charge in [0.1, 0.15) is 18.3 Å². The van der Waals surface area contributed by atoms with Crippen molar-refractivity contribution in [1.82, 2.24) is 0 Å². The van der Waals surface area contributed by atoms with Gasteiger partial charge in [-0.05, 0) is 72.4 Å². The summed E-state index contributed by atoms with van der Waals surface area (Å²) in [4.78, 5) is 30.8. The van der Waals surface area contributed by atoms with Crippen LogP contribution in [0.3, 0.4) is 0 Å². The summed E-state index contributed by atoms with van der Waals surface area (Å²) >= 11 is 0. The summed E-state index contributed by atoms with van der Waals surface area (Å²) in [5.41, 5.74) is 5.53. The number of carbonyl (C=O) groups excluding carboxylic acids is 2. The van der Waals surface area contributed by atoms with E-state index in [1.165, 1.54) is 5.56 Å². The van der Waals surface area contributed by atoms with E-state index < -0.39 is 6.04 Å². The Bertz CT molecular complexity index is 1170. The number of piperazine rings is 1. The molecule has 1 aliphatic rings. The average molecular weight is 443 g/mol. The largest absolute Gasteiger partial charge is 0.497 e. The summed E-state index contributed by atoms with van der Waals surface area (Å²) in [6, 6.07) is 20.4. The van der Waals surface area contributed by atoms with E-state index in [1.54, 1.807) is 16.9 Å². The normalized spacial score (nSPS) is 16.5. The molecule has 2 amide bonds. The number of ether oxygens (including phenoxy) is 1. The second-order valence-corrected chi connectivity index (χ2v) is 8.83. The molecule has 0 aliphatic carbocycles. The lowest BCUT2D eigenvalue weighted by molar-refractivity contribution is -0.128. The number of aryl methyl sites for hydroxylation is 1. The van der Waals surface area contributed by atoms with Crippen LogP contribution in [0.2, 0.25) is 0 Å². The van der Waals surface area contributed by atoms with Gasteiger partial charge in [-0.1, -0.05) is 50.2 Å². The molecule has 5 nitrogen and oxygen atoms in total. The Morgan fingerprint density at radius 3 is 2.18 bits per heavy atom. The van der Waals surface area contributed by atoms with Crippen molar-refractivity contribution in [1.29, 1.82) is 0 Å². The minimum Gasteiger partial charge on any atom is -0.497 e. The van der Waals surface area contributed by atoms with E-state index in [0.29, 0.717) is 17.4 Å². The topological polar surface area (TPSA) is 49.9 Å². The predicted octanol–water partition coefficient (Wildman–Crippen LogP) is 5.56. The van der Waals surface area contributed by atoms with Crippen molar-refractivity contribution in [2.75, 3.05) is 23.5 Å². The maximum Gasteiger partial charge on any atom is 0.255 e. The summed E-state index contributed by atoms with van der Waals surface area (Å²) in [6.45, 7) is 8.27. The third kappa shape index (κ3) is 4.23. The Kier molecular flexibility index (Phi) is 6.23. The van der Waals surface area contributed by atoms with Crippen LogP contribution in [0.1, 0.15) is 48.1 Å². The lowest BCUT2D eigenvalue weighted by atomic mass is 9.95. The molecule has 1 fully saturated rings. The highest BCUT2D eigenvalue weighted by Crippen LogP contribution is 2.36. The molecule has 3 aromatic rings. The molecule has 1 saturated heterocycles. The number of rotatable bonds is 5. The molecule has 1 atom stereocenters. The zero-order valence-electron chi connectivity index (χ0n) is 19.8. The van der Waals surface area contributed by atoms with Gasteiger partial charge in [0.25, 0.3) is 5.91 Å². The summed E-state index contributed by atoms with van der Waals surface area (Å²) in [7, 11) is 1.60. The maximum atomic E-state index is 14.0. The van der Waals surface area contributed by atoms with Gasteiger partial charge in [-0.2, -0.15) is 0 Å². The third-order valence-corrected chi connectivity index (χ3v) is 6.46. The molecule has 0 radical (unpaired) electrons. The van der Waals surface area contributed by atoms with Gasteiger partial charge < -0.3 is 9.64 Å². The van der Waals surface area contributed by atoms with E-state index in [-0.39, 0.29) is 18.4 Å². The SMILES string of the molecule is COc1ccc(N2C(=O)CN(c3cccc(C)c3C)C(=O)[C@H]2c2ccc(C(C)C)cc2)cc1. The van der Waals surface area contributed by atoms with E-state index in [9.17, 15) is 9.59 Å². The van der Waals surface area contributed by atoms with Crippen molar-refractivity contribution in [2.45, 2.75) is 39.7 Å². The Labute approximate surface area is 195 Å². The predicted molar refractivity (Wildman–Crippen MR) is 132 cm³/mol. The molecule has 1 heterocycles. The number of nitrogens with zero attached hydrogens (tertiary/aromatic N) is 2. The molecule has 5 heteroatoms. The van der Waals surface area contributed by atoms with Crippen molar-refractivity contribution >= 4 is 23.2 Å². The van der Waals surface area contributed by atoms with Crippen LogP contribution < -0.4 is 14.5 Å². The first-order chi connectivity index (χ1) is 15.8. The second-order valence-electron chi connectivity index (χ2n) is 8.83. The maximum absolute atomic E-state index is 14.0. The molecule has 0 spiro atoms. The highest BCUT2D eigenvalue weighted by atomic mass is 16.5. The molecule has 0 N–H and O–H groups in total. The van der Waals surface area contributed by atoms with Gasteiger partial charge in [0, 0.05) is 11.4 Å². The van der Waals surface area contributed by atoms with E-state index in [4.69, 9.17) is 4.74 Å². The number of anilines is 2. The number of amides is 2. The Morgan fingerprint density at radius 2 is 1.58 bits per heavy atom. The molecule has 0 aromatic heterocycles. The van der Waals surface area contributed by atoms with Gasteiger partial charge in [-0.15, -0.1) is 0 Å². The fourth-order valence-corrected chi connectivity index (χ4v) is 4.31. The van der Waals surface area contributed by atoms with E-state index >= 15 is 0 Å². The molecule has 0 bridgehead atoms. The Morgan fingerprint density at radius 1 is 0.909 bits per heavy atom. The number of hydrogen-bond acceptors (Lipinski definition) is 3. The highest BCUT2D eigenvalue weighted by molar-refractivity contribution is 6.14. The molecule has 0 saturated carbocycles. The van der Waals surface area contributed by atoms with Crippen molar-refractivity contribution in [3.05, 3.63) is 89.0 Å². The van der Waals surface area contributed by atoms with Gasteiger partial charge in [0.05, 0.1) is 7.11 Å². The molecular weight excluding hydrogens is 412 g/mol. The minimum absolute atomic E-state index is 0.00423.